The molecule has 6 rings (SSSR count). The highest BCUT2D eigenvalue weighted by Crippen LogP contribution is 2.55. The standard InChI is InChI=1S/C24H29N3O4/c1-14(22(29)25-24-11-15-7-16(12-24)9-17(8-15)13-24)31-21(28)10-20-18-5-3-4-6-19(18)23(30)27(2)26-20/h3-6,14-17H,7-13H2,1-2H3,(H,25,29)/t14-,15?,16?,17?,24?/m0/s1. The van der Waals surface area contributed by atoms with E-state index in [1.165, 1.54) is 23.9 Å². The minimum Gasteiger partial charge on any atom is -0.452 e. The van der Waals surface area contributed by atoms with Crippen LogP contribution in [0.1, 0.15) is 51.1 Å². The number of hydrogen-bond donors (Lipinski definition) is 1. The van der Waals surface area contributed by atoms with E-state index in [0.717, 1.165) is 37.0 Å². The van der Waals surface area contributed by atoms with Gasteiger partial charge in [0.1, 0.15) is 0 Å². The molecule has 4 saturated carbocycles. The number of nitrogens with zero attached hydrogens (tertiary/aromatic N) is 2. The van der Waals surface area contributed by atoms with Crippen molar-refractivity contribution in [1.82, 2.24) is 15.1 Å². The Morgan fingerprint density at radius 2 is 1.71 bits per heavy atom. The molecule has 164 valence electrons. The van der Waals surface area contributed by atoms with E-state index in [1.807, 2.05) is 0 Å². The van der Waals surface area contributed by atoms with Crippen molar-refractivity contribution < 1.29 is 14.3 Å². The molecule has 1 aromatic heterocycles. The molecule has 0 aliphatic heterocycles. The van der Waals surface area contributed by atoms with Crippen molar-refractivity contribution in [3.05, 3.63) is 40.3 Å². The summed E-state index contributed by atoms with van der Waals surface area (Å²) in [4.78, 5) is 37.7. The fourth-order valence-corrected chi connectivity index (χ4v) is 6.56. The molecule has 4 bridgehead atoms. The van der Waals surface area contributed by atoms with Gasteiger partial charge in [-0.25, -0.2) is 4.68 Å². The minimum absolute atomic E-state index is 0.0936. The number of nitrogens with one attached hydrogen (secondary N) is 1. The molecule has 0 saturated heterocycles. The van der Waals surface area contributed by atoms with E-state index in [0.29, 0.717) is 16.5 Å². The quantitative estimate of drug-likeness (QED) is 0.747. The average Bonchev–Trinajstić information content (AvgIpc) is 2.70. The largest absolute Gasteiger partial charge is 0.452 e. The summed E-state index contributed by atoms with van der Waals surface area (Å²) in [5.74, 6) is 1.45. The third-order valence-electron chi connectivity index (χ3n) is 7.45. The van der Waals surface area contributed by atoms with Gasteiger partial charge in [0, 0.05) is 18.0 Å². The van der Waals surface area contributed by atoms with Gasteiger partial charge in [0.2, 0.25) is 0 Å². The number of carbonyl (C=O) groups excluding carboxylic acids is 2. The topological polar surface area (TPSA) is 90.3 Å². The average molecular weight is 424 g/mol. The van der Waals surface area contributed by atoms with E-state index in [1.54, 1.807) is 38.2 Å². The second-order valence-electron chi connectivity index (χ2n) is 9.92. The molecule has 0 radical (unpaired) electrons. The van der Waals surface area contributed by atoms with Gasteiger partial charge in [0.05, 0.1) is 17.5 Å². The van der Waals surface area contributed by atoms with Crippen LogP contribution in [-0.2, 0) is 27.8 Å². The maximum absolute atomic E-state index is 12.9. The lowest BCUT2D eigenvalue weighted by Gasteiger charge is -2.57. The van der Waals surface area contributed by atoms with E-state index < -0.39 is 12.1 Å². The van der Waals surface area contributed by atoms with E-state index in [4.69, 9.17) is 4.74 Å². The monoisotopic (exact) mass is 423 g/mol. The van der Waals surface area contributed by atoms with E-state index in [9.17, 15) is 14.4 Å². The molecular weight excluding hydrogens is 394 g/mol. The number of rotatable bonds is 5. The van der Waals surface area contributed by atoms with Crippen molar-refractivity contribution in [1.29, 1.82) is 0 Å². The molecular formula is C24H29N3O4. The van der Waals surface area contributed by atoms with Gasteiger partial charge in [-0.1, -0.05) is 18.2 Å². The second kappa shape index (κ2) is 7.46. The number of hydrogen-bond acceptors (Lipinski definition) is 5. The number of aromatic nitrogens is 2. The molecule has 31 heavy (non-hydrogen) atoms. The van der Waals surface area contributed by atoms with Crippen molar-refractivity contribution in [2.24, 2.45) is 24.8 Å². The van der Waals surface area contributed by atoms with Crippen molar-refractivity contribution in [2.45, 2.75) is 63.5 Å². The molecule has 7 nitrogen and oxygen atoms in total. The van der Waals surface area contributed by atoms with Gasteiger partial charge in [-0.3, -0.25) is 14.4 Å². The van der Waals surface area contributed by atoms with Crippen molar-refractivity contribution in [2.75, 3.05) is 0 Å². The first-order valence-corrected chi connectivity index (χ1v) is 11.3. The Bertz CT molecular complexity index is 1070. The van der Waals surface area contributed by atoms with Gasteiger partial charge in [0.15, 0.2) is 6.10 Å². The molecule has 1 atom stereocenters. The SMILES string of the molecule is C[C@H](OC(=O)Cc1nn(C)c(=O)c2ccccc12)C(=O)NC12CC3CC(CC(C3)C1)C2. The van der Waals surface area contributed by atoms with Gasteiger partial charge in [-0.05, 0) is 69.3 Å². The van der Waals surface area contributed by atoms with Gasteiger partial charge in [-0.15, -0.1) is 0 Å². The first-order chi connectivity index (χ1) is 14.8. The highest BCUT2D eigenvalue weighted by atomic mass is 16.5. The van der Waals surface area contributed by atoms with E-state index >= 15 is 0 Å². The number of benzene rings is 1. The highest BCUT2D eigenvalue weighted by molar-refractivity contribution is 5.88. The minimum atomic E-state index is -0.862. The summed E-state index contributed by atoms with van der Waals surface area (Å²) in [6.45, 7) is 1.63. The lowest BCUT2D eigenvalue weighted by molar-refractivity contribution is -0.156. The molecule has 1 heterocycles. The fourth-order valence-electron chi connectivity index (χ4n) is 6.56. The van der Waals surface area contributed by atoms with E-state index in [2.05, 4.69) is 10.4 Å². The summed E-state index contributed by atoms with van der Waals surface area (Å²) in [5.41, 5.74) is 0.148. The van der Waals surface area contributed by atoms with E-state index in [-0.39, 0.29) is 23.4 Å². The molecule has 1 N–H and O–H groups in total. The predicted octanol–water partition coefficient (Wildman–Crippen LogP) is 2.49. The molecule has 1 amide bonds. The number of fused-ring (bicyclic) bond motifs is 1. The Labute approximate surface area is 181 Å². The summed E-state index contributed by atoms with van der Waals surface area (Å²) in [6, 6.07) is 7.08. The number of ether oxygens (including phenoxy) is 1. The van der Waals surface area contributed by atoms with Crippen LogP contribution < -0.4 is 10.9 Å². The number of carbonyl (C=O) groups is 2. The molecule has 4 aliphatic rings. The lowest BCUT2D eigenvalue weighted by atomic mass is 9.53. The van der Waals surface area contributed by atoms with Gasteiger partial charge in [0.25, 0.3) is 11.5 Å². The van der Waals surface area contributed by atoms with Gasteiger partial charge in [-0.2, -0.15) is 5.10 Å². The van der Waals surface area contributed by atoms with Crippen LogP contribution in [0.3, 0.4) is 0 Å². The molecule has 2 aromatic rings. The zero-order valence-corrected chi connectivity index (χ0v) is 18.1. The van der Waals surface area contributed by atoms with Crippen LogP contribution in [0.25, 0.3) is 10.8 Å². The van der Waals surface area contributed by atoms with Crippen LogP contribution in [0, 0.1) is 17.8 Å². The molecule has 0 spiro atoms. The zero-order valence-electron chi connectivity index (χ0n) is 18.1. The lowest BCUT2D eigenvalue weighted by Crippen LogP contribution is -2.61. The van der Waals surface area contributed by atoms with Crippen LogP contribution in [0.2, 0.25) is 0 Å². The Morgan fingerprint density at radius 1 is 1.13 bits per heavy atom. The van der Waals surface area contributed by atoms with Crippen LogP contribution in [0.4, 0.5) is 0 Å². The molecule has 1 aromatic carbocycles. The third-order valence-corrected chi connectivity index (χ3v) is 7.45. The Balaban J connectivity index is 1.25. The van der Waals surface area contributed by atoms with Crippen LogP contribution in [-0.4, -0.2) is 33.3 Å². The fraction of sp³-hybridized carbons (Fsp3) is 0.583. The first kappa shape index (κ1) is 20.2. The summed E-state index contributed by atoms with van der Waals surface area (Å²) in [6.07, 6.45) is 6.13. The maximum atomic E-state index is 12.9. The Hall–Kier alpha value is -2.70. The zero-order chi connectivity index (χ0) is 21.8. The summed E-state index contributed by atoms with van der Waals surface area (Å²) in [7, 11) is 1.56. The number of aryl methyl sites for hydroxylation is 1. The summed E-state index contributed by atoms with van der Waals surface area (Å²) >= 11 is 0. The number of amides is 1. The van der Waals surface area contributed by atoms with Gasteiger partial charge < -0.3 is 10.1 Å². The molecule has 4 fully saturated rings. The third kappa shape index (κ3) is 3.75. The second-order valence-corrected chi connectivity index (χ2v) is 9.92. The normalized spacial score (nSPS) is 29.7. The van der Waals surface area contributed by atoms with Crippen molar-refractivity contribution >= 4 is 22.6 Å². The molecule has 0 unspecified atom stereocenters. The summed E-state index contributed by atoms with van der Waals surface area (Å²) < 4.78 is 6.70. The van der Waals surface area contributed by atoms with Crippen molar-refractivity contribution in [3.8, 4) is 0 Å². The first-order valence-electron chi connectivity index (χ1n) is 11.3. The molecule has 7 heteroatoms. The molecule has 4 aliphatic carbocycles. The van der Waals surface area contributed by atoms with Gasteiger partial charge >= 0.3 is 5.97 Å². The highest BCUT2D eigenvalue weighted by Gasteiger charge is 2.51. The summed E-state index contributed by atoms with van der Waals surface area (Å²) in [5, 5.41) is 8.65. The van der Waals surface area contributed by atoms with Crippen molar-refractivity contribution in [3.63, 3.8) is 0 Å². The Morgan fingerprint density at radius 3 is 2.32 bits per heavy atom. The van der Waals surface area contributed by atoms with Crippen LogP contribution in [0.15, 0.2) is 29.1 Å². The smallest absolute Gasteiger partial charge is 0.312 e. The predicted molar refractivity (Wildman–Crippen MR) is 115 cm³/mol. The maximum Gasteiger partial charge on any atom is 0.312 e. The Kier molecular flexibility index (Phi) is 4.87. The number of esters is 1. The van der Waals surface area contributed by atoms with Crippen LogP contribution in [0.5, 0.6) is 0 Å². The van der Waals surface area contributed by atoms with Crippen LogP contribution >= 0.6 is 0 Å².